The number of hydrogen-bond donors (Lipinski definition) is 1. The van der Waals surface area contributed by atoms with Gasteiger partial charge in [0.15, 0.2) is 16.7 Å². The topological polar surface area (TPSA) is 69.2 Å². The molecule has 7 heteroatoms. The zero-order valence-corrected chi connectivity index (χ0v) is 17.3. The molecule has 0 aliphatic heterocycles. The number of amidine groups is 1. The van der Waals surface area contributed by atoms with Gasteiger partial charge < -0.3 is 15.2 Å². The Morgan fingerprint density at radius 1 is 1.03 bits per heavy atom. The largest absolute Gasteiger partial charge is 0.493 e. The van der Waals surface area contributed by atoms with Crippen LogP contribution in [0.3, 0.4) is 0 Å². The molecule has 30 heavy (non-hydrogen) atoms. The van der Waals surface area contributed by atoms with Gasteiger partial charge in [-0.05, 0) is 35.4 Å². The van der Waals surface area contributed by atoms with Crippen LogP contribution in [0.2, 0.25) is 0 Å². The number of nitrogens with two attached hydrogens (primary N) is 1. The number of ether oxygens (including phenoxy) is 2. The second kappa shape index (κ2) is 11.0. The van der Waals surface area contributed by atoms with Gasteiger partial charge in [-0.25, -0.2) is 4.39 Å². The van der Waals surface area contributed by atoms with Crippen molar-refractivity contribution in [3.63, 3.8) is 0 Å². The van der Waals surface area contributed by atoms with Crippen molar-refractivity contribution in [3.05, 3.63) is 95.3 Å². The van der Waals surface area contributed by atoms with Crippen LogP contribution < -0.4 is 15.2 Å². The molecule has 0 aliphatic carbocycles. The average Bonchev–Trinajstić information content (AvgIpc) is 2.78. The molecular weight excluding hydrogens is 401 g/mol. The van der Waals surface area contributed by atoms with Crippen molar-refractivity contribution in [2.24, 2.45) is 15.9 Å². The minimum atomic E-state index is -0.305. The van der Waals surface area contributed by atoms with Crippen molar-refractivity contribution < 1.29 is 13.9 Å². The van der Waals surface area contributed by atoms with E-state index in [1.807, 2.05) is 36.4 Å². The summed E-state index contributed by atoms with van der Waals surface area (Å²) >= 11 is 1.42. The Kier molecular flexibility index (Phi) is 7.86. The molecular formula is C23H22FN3O2S. The first kappa shape index (κ1) is 21.4. The number of hydrogen-bond acceptors (Lipinski definition) is 5. The third kappa shape index (κ3) is 6.35. The number of thioether (sulfide) groups is 1. The first-order valence-electron chi connectivity index (χ1n) is 9.23. The highest BCUT2D eigenvalue weighted by molar-refractivity contribution is 8.13. The molecule has 0 aliphatic rings. The second-order valence-electron chi connectivity index (χ2n) is 6.25. The predicted molar refractivity (Wildman–Crippen MR) is 121 cm³/mol. The summed E-state index contributed by atoms with van der Waals surface area (Å²) in [5.41, 5.74) is 8.31. The SMILES string of the molecule is COc1cc(C=NN=C(N)SCc2ccccc2)ccc1OCc1ccccc1F. The van der Waals surface area contributed by atoms with E-state index < -0.39 is 0 Å². The second-order valence-corrected chi connectivity index (χ2v) is 7.24. The van der Waals surface area contributed by atoms with Crippen molar-refractivity contribution in [1.29, 1.82) is 0 Å². The lowest BCUT2D eigenvalue weighted by atomic mass is 10.2. The van der Waals surface area contributed by atoms with E-state index in [9.17, 15) is 4.39 Å². The van der Waals surface area contributed by atoms with Gasteiger partial charge in [-0.3, -0.25) is 0 Å². The molecule has 0 radical (unpaired) electrons. The maximum atomic E-state index is 13.7. The van der Waals surface area contributed by atoms with Gasteiger partial charge in [0.05, 0.1) is 13.3 Å². The minimum Gasteiger partial charge on any atom is -0.493 e. The normalized spacial score (nSPS) is 11.6. The zero-order chi connectivity index (χ0) is 21.2. The molecule has 5 nitrogen and oxygen atoms in total. The minimum absolute atomic E-state index is 0.107. The smallest absolute Gasteiger partial charge is 0.180 e. The fourth-order valence-electron chi connectivity index (χ4n) is 2.57. The van der Waals surface area contributed by atoms with Gasteiger partial charge in [-0.15, -0.1) is 5.10 Å². The Hall–Kier alpha value is -3.32. The molecule has 0 saturated carbocycles. The molecule has 0 spiro atoms. The molecule has 0 fully saturated rings. The Bertz CT molecular complexity index is 1030. The lowest BCUT2D eigenvalue weighted by Crippen LogP contribution is -2.06. The molecule has 2 N–H and O–H groups in total. The average molecular weight is 424 g/mol. The Balaban J connectivity index is 1.59. The standard InChI is InChI=1S/C23H22FN3O2S/c1-28-22-13-18(11-12-21(22)29-15-19-9-5-6-10-20(19)24)14-26-27-23(25)30-16-17-7-3-2-4-8-17/h2-14H,15-16H2,1H3,(H2,25,27). The van der Waals surface area contributed by atoms with Gasteiger partial charge in [0.1, 0.15) is 12.4 Å². The first-order valence-corrected chi connectivity index (χ1v) is 10.2. The summed E-state index contributed by atoms with van der Waals surface area (Å²) in [6, 6.07) is 21.8. The van der Waals surface area contributed by atoms with Crippen LogP contribution in [0.4, 0.5) is 4.39 Å². The molecule has 154 valence electrons. The lowest BCUT2D eigenvalue weighted by molar-refractivity contribution is 0.279. The van der Waals surface area contributed by atoms with E-state index in [2.05, 4.69) is 10.2 Å². The van der Waals surface area contributed by atoms with Crippen LogP contribution in [0.1, 0.15) is 16.7 Å². The number of rotatable bonds is 8. The van der Waals surface area contributed by atoms with E-state index in [1.54, 1.807) is 43.7 Å². The van der Waals surface area contributed by atoms with E-state index in [0.717, 1.165) is 11.3 Å². The number of nitrogens with zero attached hydrogens (tertiary/aromatic N) is 2. The van der Waals surface area contributed by atoms with Crippen LogP contribution in [0.25, 0.3) is 0 Å². The van der Waals surface area contributed by atoms with Gasteiger partial charge in [-0.2, -0.15) is 5.10 Å². The number of benzene rings is 3. The van der Waals surface area contributed by atoms with Gasteiger partial charge in [0.2, 0.25) is 0 Å². The summed E-state index contributed by atoms with van der Waals surface area (Å²) in [6.45, 7) is 0.107. The summed E-state index contributed by atoms with van der Waals surface area (Å²) in [7, 11) is 1.54. The third-order valence-electron chi connectivity index (χ3n) is 4.12. The van der Waals surface area contributed by atoms with Crippen molar-refractivity contribution in [1.82, 2.24) is 0 Å². The molecule has 0 heterocycles. The van der Waals surface area contributed by atoms with Crippen molar-refractivity contribution >= 4 is 23.1 Å². The van der Waals surface area contributed by atoms with Crippen LogP contribution in [-0.4, -0.2) is 18.5 Å². The highest BCUT2D eigenvalue weighted by atomic mass is 32.2. The summed E-state index contributed by atoms with van der Waals surface area (Å²) in [5, 5.41) is 8.43. The highest BCUT2D eigenvalue weighted by Crippen LogP contribution is 2.28. The highest BCUT2D eigenvalue weighted by Gasteiger charge is 2.07. The molecule has 0 atom stereocenters. The maximum absolute atomic E-state index is 13.7. The monoisotopic (exact) mass is 423 g/mol. The molecule has 3 rings (SSSR count). The van der Waals surface area contributed by atoms with Crippen LogP contribution in [0, 0.1) is 5.82 Å². The van der Waals surface area contributed by atoms with Crippen molar-refractivity contribution in [3.8, 4) is 11.5 Å². The van der Waals surface area contributed by atoms with Crippen molar-refractivity contribution in [2.45, 2.75) is 12.4 Å². The van der Waals surface area contributed by atoms with Gasteiger partial charge in [-0.1, -0.05) is 60.3 Å². The predicted octanol–water partition coefficient (Wildman–Crippen LogP) is 5.00. The molecule has 0 unspecified atom stereocenters. The lowest BCUT2D eigenvalue weighted by Gasteiger charge is -2.11. The van der Waals surface area contributed by atoms with Gasteiger partial charge in [0, 0.05) is 11.3 Å². The Morgan fingerprint density at radius 3 is 2.57 bits per heavy atom. The molecule has 0 bridgehead atoms. The van der Waals surface area contributed by atoms with Crippen LogP contribution in [0.5, 0.6) is 11.5 Å². The molecule has 0 saturated heterocycles. The fraction of sp³-hybridized carbons (Fsp3) is 0.130. The maximum Gasteiger partial charge on any atom is 0.180 e. The van der Waals surface area contributed by atoms with Gasteiger partial charge >= 0.3 is 0 Å². The Morgan fingerprint density at radius 2 is 1.80 bits per heavy atom. The number of methoxy groups -OCH3 is 1. The van der Waals surface area contributed by atoms with E-state index in [1.165, 1.54) is 23.4 Å². The first-order chi connectivity index (χ1) is 14.7. The van der Waals surface area contributed by atoms with E-state index >= 15 is 0 Å². The molecule has 3 aromatic carbocycles. The van der Waals surface area contributed by atoms with Crippen molar-refractivity contribution in [2.75, 3.05) is 7.11 Å². The summed E-state index contributed by atoms with van der Waals surface area (Å²) in [5.74, 6) is 1.46. The Labute approximate surface area is 179 Å². The summed E-state index contributed by atoms with van der Waals surface area (Å²) in [4.78, 5) is 0. The van der Waals surface area contributed by atoms with E-state index in [0.29, 0.717) is 22.2 Å². The van der Waals surface area contributed by atoms with E-state index in [-0.39, 0.29) is 12.4 Å². The molecule has 0 aromatic heterocycles. The van der Waals surface area contributed by atoms with Crippen LogP contribution in [0.15, 0.2) is 83.0 Å². The summed E-state index contributed by atoms with van der Waals surface area (Å²) < 4.78 is 24.8. The third-order valence-corrected chi connectivity index (χ3v) is 4.98. The molecule has 0 amide bonds. The molecule has 3 aromatic rings. The van der Waals surface area contributed by atoms with Gasteiger partial charge in [0.25, 0.3) is 0 Å². The van der Waals surface area contributed by atoms with E-state index in [4.69, 9.17) is 15.2 Å². The van der Waals surface area contributed by atoms with Crippen LogP contribution >= 0.6 is 11.8 Å². The van der Waals surface area contributed by atoms with Crippen LogP contribution in [-0.2, 0) is 12.4 Å². The summed E-state index contributed by atoms with van der Waals surface area (Å²) in [6.07, 6.45) is 1.58. The number of halogens is 1. The zero-order valence-electron chi connectivity index (χ0n) is 16.5. The fourth-order valence-corrected chi connectivity index (χ4v) is 3.18. The quantitative estimate of drug-likeness (QED) is 0.315.